The van der Waals surface area contributed by atoms with Gasteiger partial charge in [0.25, 0.3) is 0 Å². The molecule has 0 radical (unpaired) electrons. The lowest BCUT2D eigenvalue weighted by Gasteiger charge is -2.27. The molecule has 0 aromatic heterocycles. The maximum Gasteiger partial charge on any atom is 0.162 e. The van der Waals surface area contributed by atoms with Gasteiger partial charge in [-0.25, -0.2) is 8.78 Å². The SMILES string of the molecule is COCC(O)(CCCN)Cc1cccc(F)c1F. The molecule has 0 amide bonds. The lowest BCUT2D eigenvalue weighted by atomic mass is 9.90. The summed E-state index contributed by atoms with van der Waals surface area (Å²) in [7, 11) is 1.45. The highest BCUT2D eigenvalue weighted by Gasteiger charge is 2.28. The maximum atomic E-state index is 13.5. The quantitative estimate of drug-likeness (QED) is 0.782. The Hall–Kier alpha value is -1.04. The van der Waals surface area contributed by atoms with Crippen molar-refractivity contribution >= 4 is 0 Å². The fourth-order valence-corrected chi connectivity index (χ4v) is 1.95. The third-order valence-electron chi connectivity index (χ3n) is 2.81. The highest BCUT2D eigenvalue weighted by atomic mass is 19.2. The monoisotopic (exact) mass is 259 g/mol. The van der Waals surface area contributed by atoms with Crippen LogP contribution in [0.4, 0.5) is 8.78 Å². The van der Waals surface area contributed by atoms with Gasteiger partial charge < -0.3 is 15.6 Å². The molecule has 0 saturated heterocycles. The molecule has 0 heterocycles. The van der Waals surface area contributed by atoms with Crippen LogP contribution in [0.5, 0.6) is 0 Å². The van der Waals surface area contributed by atoms with Crippen LogP contribution in [0.15, 0.2) is 18.2 Å². The van der Waals surface area contributed by atoms with Crippen LogP contribution in [0.3, 0.4) is 0 Å². The van der Waals surface area contributed by atoms with Crippen LogP contribution in [0.25, 0.3) is 0 Å². The second kappa shape index (κ2) is 6.78. The third kappa shape index (κ3) is 4.01. The largest absolute Gasteiger partial charge is 0.387 e. The van der Waals surface area contributed by atoms with Crippen LogP contribution in [0, 0.1) is 11.6 Å². The molecule has 18 heavy (non-hydrogen) atoms. The van der Waals surface area contributed by atoms with Gasteiger partial charge in [0.15, 0.2) is 11.6 Å². The van der Waals surface area contributed by atoms with Gasteiger partial charge in [-0.2, -0.15) is 0 Å². The van der Waals surface area contributed by atoms with E-state index in [0.29, 0.717) is 19.4 Å². The summed E-state index contributed by atoms with van der Waals surface area (Å²) >= 11 is 0. The number of ether oxygens (including phenoxy) is 1. The smallest absolute Gasteiger partial charge is 0.162 e. The number of halogens is 2. The first-order valence-electron chi connectivity index (χ1n) is 5.86. The van der Waals surface area contributed by atoms with Crippen LogP contribution in [-0.4, -0.2) is 31.0 Å². The van der Waals surface area contributed by atoms with E-state index < -0.39 is 17.2 Å². The van der Waals surface area contributed by atoms with Crippen molar-refractivity contribution in [1.29, 1.82) is 0 Å². The van der Waals surface area contributed by atoms with E-state index >= 15 is 0 Å². The molecule has 0 bridgehead atoms. The van der Waals surface area contributed by atoms with Gasteiger partial charge in [0.1, 0.15) is 0 Å². The predicted molar refractivity (Wildman–Crippen MR) is 65.2 cm³/mol. The molecule has 0 aliphatic heterocycles. The van der Waals surface area contributed by atoms with E-state index in [2.05, 4.69) is 0 Å². The van der Waals surface area contributed by atoms with Crippen LogP contribution in [-0.2, 0) is 11.2 Å². The Kier molecular flexibility index (Phi) is 5.65. The summed E-state index contributed by atoms with van der Waals surface area (Å²) in [5.41, 5.74) is 4.32. The molecule has 0 fully saturated rings. The van der Waals surface area contributed by atoms with Crippen molar-refractivity contribution in [3.63, 3.8) is 0 Å². The van der Waals surface area contributed by atoms with Crippen molar-refractivity contribution in [3.05, 3.63) is 35.4 Å². The zero-order valence-corrected chi connectivity index (χ0v) is 10.5. The summed E-state index contributed by atoms with van der Waals surface area (Å²) in [6, 6.07) is 3.93. The van der Waals surface area contributed by atoms with E-state index in [1.807, 2.05) is 0 Å². The van der Waals surface area contributed by atoms with Gasteiger partial charge in [-0.05, 0) is 31.0 Å². The fraction of sp³-hybridized carbons (Fsp3) is 0.538. The maximum absolute atomic E-state index is 13.5. The first kappa shape index (κ1) is 15.0. The van der Waals surface area contributed by atoms with Crippen LogP contribution < -0.4 is 5.73 Å². The molecule has 0 saturated carbocycles. The number of nitrogens with two attached hydrogens (primary N) is 1. The molecule has 0 spiro atoms. The zero-order chi connectivity index (χ0) is 13.6. The van der Waals surface area contributed by atoms with Gasteiger partial charge in [0.2, 0.25) is 0 Å². The van der Waals surface area contributed by atoms with Crippen LogP contribution in [0.1, 0.15) is 18.4 Å². The number of hydrogen-bond donors (Lipinski definition) is 2. The molecule has 0 aliphatic rings. The topological polar surface area (TPSA) is 55.5 Å². The molecule has 0 aliphatic carbocycles. The van der Waals surface area contributed by atoms with Crippen molar-refractivity contribution in [3.8, 4) is 0 Å². The van der Waals surface area contributed by atoms with E-state index in [4.69, 9.17) is 10.5 Å². The van der Waals surface area contributed by atoms with E-state index in [9.17, 15) is 13.9 Å². The second-order valence-corrected chi connectivity index (χ2v) is 4.44. The highest BCUT2D eigenvalue weighted by molar-refractivity contribution is 5.21. The second-order valence-electron chi connectivity index (χ2n) is 4.44. The van der Waals surface area contributed by atoms with Gasteiger partial charge in [-0.3, -0.25) is 0 Å². The molecular formula is C13H19F2NO2. The Morgan fingerprint density at radius 2 is 2.11 bits per heavy atom. The summed E-state index contributed by atoms with van der Waals surface area (Å²) in [6.07, 6.45) is 0.981. The highest BCUT2D eigenvalue weighted by Crippen LogP contribution is 2.22. The van der Waals surface area contributed by atoms with Gasteiger partial charge in [-0.15, -0.1) is 0 Å². The molecule has 1 rings (SSSR count). The number of rotatable bonds is 7. The average Bonchev–Trinajstić information content (AvgIpc) is 2.33. The van der Waals surface area contributed by atoms with Crippen molar-refractivity contribution in [2.45, 2.75) is 24.9 Å². The Balaban J connectivity index is 2.85. The zero-order valence-electron chi connectivity index (χ0n) is 10.5. The fourth-order valence-electron chi connectivity index (χ4n) is 1.95. The van der Waals surface area contributed by atoms with Crippen molar-refractivity contribution in [2.75, 3.05) is 20.3 Å². The Morgan fingerprint density at radius 1 is 1.39 bits per heavy atom. The molecular weight excluding hydrogens is 240 g/mol. The van der Waals surface area contributed by atoms with Gasteiger partial charge >= 0.3 is 0 Å². The number of hydrogen-bond acceptors (Lipinski definition) is 3. The number of benzene rings is 1. The van der Waals surface area contributed by atoms with E-state index in [-0.39, 0.29) is 18.6 Å². The Labute approximate surface area is 106 Å². The molecule has 5 heteroatoms. The first-order valence-corrected chi connectivity index (χ1v) is 5.86. The molecule has 1 atom stereocenters. The average molecular weight is 259 g/mol. The summed E-state index contributed by atoms with van der Waals surface area (Å²) in [4.78, 5) is 0. The number of aliphatic hydroxyl groups is 1. The van der Waals surface area contributed by atoms with Crippen molar-refractivity contribution in [1.82, 2.24) is 0 Å². The predicted octanol–water partition coefficient (Wildman–Crippen LogP) is 1.62. The lowest BCUT2D eigenvalue weighted by Crippen LogP contribution is -2.37. The summed E-state index contributed by atoms with van der Waals surface area (Å²) in [5.74, 6) is -1.83. The number of methoxy groups -OCH3 is 1. The van der Waals surface area contributed by atoms with Crippen molar-refractivity contribution in [2.24, 2.45) is 5.73 Å². The van der Waals surface area contributed by atoms with Gasteiger partial charge in [0.05, 0.1) is 12.2 Å². The molecule has 1 aromatic carbocycles. The van der Waals surface area contributed by atoms with Crippen LogP contribution >= 0.6 is 0 Å². The Morgan fingerprint density at radius 3 is 2.72 bits per heavy atom. The standard InChI is InChI=1S/C13H19F2NO2/c1-18-9-13(17,6-3-7-16)8-10-4-2-5-11(14)12(10)15/h2,4-5,17H,3,6-9,16H2,1H3. The third-order valence-corrected chi connectivity index (χ3v) is 2.81. The van der Waals surface area contributed by atoms with Gasteiger partial charge in [0, 0.05) is 13.5 Å². The molecule has 102 valence electrons. The Bertz CT molecular complexity index is 387. The molecule has 3 N–H and O–H groups in total. The normalized spacial score (nSPS) is 14.5. The summed E-state index contributed by atoms with van der Waals surface area (Å²) in [6.45, 7) is 0.487. The minimum atomic E-state index is -1.22. The minimum absolute atomic E-state index is 0.00440. The molecule has 1 aromatic rings. The molecule has 1 unspecified atom stereocenters. The van der Waals surface area contributed by atoms with Crippen LogP contribution in [0.2, 0.25) is 0 Å². The van der Waals surface area contributed by atoms with Crippen molar-refractivity contribution < 1.29 is 18.6 Å². The molecule has 3 nitrogen and oxygen atoms in total. The summed E-state index contributed by atoms with van der Waals surface area (Å²) in [5, 5.41) is 10.3. The van der Waals surface area contributed by atoms with Gasteiger partial charge in [-0.1, -0.05) is 12.1 Å². The minimum Gasteiger partial charge on any atom is -0.387 e. The van der Waals surface area contributed by atoms with E-state index in [1.54, 1.807) is 0 Å². The summed E-state index contributed by atoms with van der Waals surface area (Å²) < 4.78 is 31.6. The van der Waals surface area contributed by atoms with E-state index in [1.165, 1.54) is 19.2 Å². The first-order chi connectivity index (χ1) is 8.52. The lowest BCUT2D eigenvalue weighted by molar-refractivity contribution is -0.0381. The van der Waals surface area contributed by atoms with E-state index in [0.717, 1.165) is 6.07 Å².